The molecule has 0 amide bonds. The zero-order valence-corrected chi connectivity index (χ0v) is 11.7. The lowest BCUT2D eigenvalue weighted by atomic mass is 10.2. The van der Waals surface area contributed by atoms with Crippen molar-refractivity contribution in [3.05, 3.63) is 34.3 Å². The number of anilines is 1. The van der Waals surface area contributed by atoms with E-state index < -0.39 is 5.60 Å². The summed E-state index contributed by atoms with van der Waals surface area (Å²) in [6, 6.07) is 5.45. The van der Waals surface area contributed by atoms with Crippen molar-refractivity contribution >= 4 is 33.7 Å². The van der Waals surface area contributed by atoms with Crippen molar-refractivity contribution in [2.45, 2.75) is 26.4 Å². The number of rotatable bonds is 2. The average molecular weight is 298 g/mol. The predicted molar refractivity (Wildman–Crippen MR) is 73.4 cm³/mol. The Kier molecular flexibility index (Phi) is 4.34. The van der Waals surface area contributed by atoms with Gasteiger partial charge in [-0.25, -0.2) is 4.79 Å². The largest absolute Gasteiger partial charge is 0.457 e. The van der Waals surface area contributed by atoms with Gasteiger partial charge in [0, 0.05) is 16.2 Å². The fourth-order valence-electron chi connectivity index (χ4n) is 1.15. The Bertz CT molecular complexity index is 447. The summed E-state index contributed by atoms with van der Waals surface area (Å²) in [5.74, 6) is -0.356. The number of halogens is 1. The van der Waals surface area contributed by atoms with E-state index in [1.807, 2.05) is 32.9 Å². The van der Waals surface area contributed by atoms with Gasteiger partial charge in [-0.15, -0.1) is 0 Å². The molecule has 0 unspecified atom stereocenters. The summed E-state index contributed by atoms with van der Waals surface area (Å²) in [7, 11) is 0. The first-order chi connectivity index (χ1) is 7.78. The van der Waals surface area contributed by atoms with Crippen molar-refractivity contribution in [1.29, 1.82) is 0 Å². The average Bonchev–Trinajstić information content (AvgIpc) is 2.17. The highest BCUT2D eigenvalue weighted by atomic mass is 79.9. The van der Waals surface area contributed by atoms with E-state index in [0.29, 0.717) is 5.69 Å². The molecule has 1 rings (SSSR count). The predicted octanol–water partition coefficient (Wildman–Crippen LogP) is 3.39. The normalized spacial score (nSPS) is 11.8. The zero-order valence-electron chi connectivity index (χ0n) is 10.2. The molecule has 17 heavy (non-hydrogen) atoms. The molecule has 92 valence electrons. The van der Waals surface area contributed by atoms with Crippen molar-refractivity contribution in [3.63, 3.8) is 0 Å². The lowest BCUT2D eigenvalue weighted by molar-refractivity contribution is -0.148. The number of hydrogen-bond acceptors (Lipinski definition) is 3. The Morgan fingerprint density at radius 3 is 2.59 bits per heavy atom. The van der Waals surface area contributed by atoms with Crippen molar-refractivity contribution in [2.24, 2.45) is 0 Å². The van der Waals surface area contributed by atoms with Crippen LogP contribution in [-0.2, 0) is 9.53 Å². The van der Waals surface area contributed by atoms with Crippen LogP contribution in [0.15, 0.2) is 28.7 Å². The molecule has 3 nitrogen and oxygen atoms in total. The highest BCUT2D eigenvalue weighted by molar-refractivity contribution is 9.10. The van der Waals surface area contributed by atoms with Gasteiger partial charge in [-0.05, 0) is 60.5 Å². The van der Waals surface area contributed by atoms with Crippen molar-refractivity contribution < 1.29 is 9.53 Å². The fourth-order valence-corrected chi connectivity index (χ4v) is 1.54. The summed E-state index contributed by atoms with van der Waals surface area (Å²) in [6.45, 7) is 5.50. The van der Waals surface area contributed by atoms with Gasteiger partial charge in [-0.1, -0.05) is 6.07 Å². The van der Waals surface area contributed by atoms with Crippen LogP contribution in [-0.4, -0.2) is 11.6 Å². The summed E-state index contributed by atoms with van der Waals surface area (Å²) in [5, 5.41) is 0. The van der Waals surface area contributed by atoms with E-state index in [0.717, 1.165) is 10.0 Å². The molecular weight excluding hydrogens is 282 g/mol. The van der Waals surface area contributed by atoms with Crippen LogP contribution in [0.1, 0.15) is 26.3 Å². The van der Waals surface area contributed by atoms with Crippen molar-refractivity contribution in [2.75, 3.05) is 5.73 Å². The molecule has 0 radical (unpaired) electrons. The second-order valence-corrected chi connectivity index (χ2v) is 5.50. The van der Waals surface area contributed by atoms with Crippen LogP contribution in [0.5, 0.6) is 0 Å². The van der Waals surface area contributed by atoms with E-state index in [1.165, 1.54) is 6.08 Å². The topological polar surface area (TPSA) is 52.3 Å². The smallest absolute Gasteiger partial charge is 0.331 e. The maximum absolute atomic E-state index is 11.4. The van der Waals surface area contributed by atoms with Crippen LogP contribution in [0, 0.1) is 0 Å². The Morgan fingerprint density at radius 2 is 2.06 bits per heavy atom. The minimum Gasteiger partial charge on any atom is -0.457 e. The number of esters is 1. The van der Waals surface area contributed by atoms with Crippen LogP contribution in [0.2, 0.25) is 0 Å². The summed E-state index contributed by atoms with van der Waals surface area (Å²) in [5.41, 5.74) is 6.75. The molecule has 2 N–H and O–H groups in total. The molecule has 0 aliphatic carbocycles. The third-order valence-electron chi connectivity index (χ3n) is 1.84. The van der Waals surface area contributed by atoms with E-state index in [2.05, 4.69) is 15.9 Å². The van der Waals surface area contributed by atoms with Gasteiger partial charge in [-0.2, -0.15) is 0 Å². The Morgan fingerprint density at radius 1 is 1.41 bits per heavy atom. The maximum Gasteiger partial charge on any atom is 0.331 e. The van der Waals surface area contributed by atoms with Gasteiger partial charge in [-0.3, -0.25) is 0 Å². The Balaban J connectivity index is 2.71. The molecule has 0 saturated carbocycles. The van der Waals surface area contributed by atoms with E-state index >= 15 is 0 Å². The molecule has 0 fully saturated rings. The molecule has 0 aliphatic rings. The Labute approximate surface area is 110 Å². The second kappa shape index (κ2) is 5.36. The zero-order chi connectivity index (χ0) is 13.1. The van der Waals surface area contributed by atoms with Crippen LogP contribution in [0.25, 0.3) is 6.08 Å². The van der Waals surface area contributed by atoms with Gasteiger partial charge in [0.25, 0.3) is 0 Å². The molecule has 0 spiro atoms. The quantitative estimate of drug-likeness (QED) is 0.517. The van der Waals surface area contributed by atoms with Gasteiger partial charge in [0.05, 0.1) is 0 Å². The molecular formula is C13H16BrNO2. The first-order valence-corrected chi connectivity index (χ1v) is 6.03. The van der Waals surface area contributed by atoms with Crippen LogP contribution in [0.3, 0.4) is 0 Å². The van der Waals surface area contributed by atoms with E-state index in [1.54, 1.807) is 12.1 Å². The summed E-state index contributed by atoms with van der Waals surface area (Å²) in [4.78, 5) is 11.4. The number of ether oxygens (including phenoxy) is 1. The van der Waals surface area contributed by atoms with Crippen molar-refractivity contribution in [1.82, 2.24) is 0 Å². The van der Waals surface area contributed by atoms with E-state index in [9.17, 15) is 4.79 Å². The first-order valence-electron chi connectivity index (χ1n) is 5.24. The highest BCUT2D eigenvalue weighted by Crippen LogP contribution is 2.21. The lowest BCUT2D eigenvalue weighted by Crippen LogP contribution is -2.22. The minimum atomic E-state index is -0.469. The molecule has 1 aromatic carbocycles. The molecule has 0 aromatic heterocycles. The number of carbonyl (C=O) groups excluding carboxylic acids is 1. The van der Waals surface area contributed by atoms with Gasteiger partial charge >= 0.3 is 5.97 Å². The molecule has 0 atom stereocenters. The van der Waals surface area contributed by atoms with Crippen LogP contribution < -0.4 is 5.73 Å². The number of nitrogen functional groups attached to an aromatic ring is 1. The monoisotopic (exact) mass is 297 g/mol. The molecule has 4 heteroatoms. The van der Waals surface area contributed by atoms with Gasteiger partial charge in [0.2, 0.25) is 0 Å². The molecule has 1 aromatic rings. The van der Waals surface area contributed by atoms with Crippen LogP contribution >= 0.6 is 15.9 Å². The van der Waals surface area contributed by atoms with E-state index in [4.69, 9.17) is 10.5 Å². The van der Waals surface area contributed by atoms with Crippen LogP contribution in [0.4, 0.5) is 5.69 Å². The molecule has 0 saturated heterocycles. The van der Waals surface area contributed by atoms with Gasteiger partial charge in [0.1, 0.15) is 5.60 Å². The Hall–Kier alpha value is -1.29. The molecule has 0 bridgehead atoms. The maximum atomic E-state index is 11.4. The second-order valence-electron chi connectivity index (χ2n) is 4.65. The third kappa shape index (κ3) is 5.04. The standard InChI is InChI=1S/C13H16BrNO2/c1-13(2,3)17-12(16)7-5-9-4-6-11(15)10(14)8-9/h4-8H,15H2,1-3H3/b7-5+. The summed E-state index contributed by atoms with van der Waals surface area (Å²) < 4.78 is 5.96. The summed E-state index contributed by atoms with van der Waals surface area (Å²) >= 11 is 3.33. The highest BCUT2D eigenvalue weighted by Gasteiger charge is 2.13. The fraction of sp³-hybridized carbons (Fsp3) is 0.308. The molecule has 0 heterocycles. The third-order valence-corrected chi connectivity index (χ3v) is 2.53. The number of hydrogen-bond donors (Lipinski definition) is 1. The summed E-state index contributed by atoms with van der Waals surface area (Å²) in [6.07, 6.45) is 3.10. The minimum absolute atomic E-state index is 0.356. The van der Waals surface area contributed by atoms with E-state index in [-0.39, 0.29) is 5.97 Å². The number of carbonyl (C=O) groups is 1. The number of nitrogens with two attached hydrogens (primary N) is 1. The molecule has 0 aliphatic heterocycles. The SMILES string of the molecule is CC(C)(C)OC(=O)/C=C/c1ccc(N)c(Br)c1. The van der Waals surface area contributed by atoms with Crippen molar-refractivity contribution in [3.8, 4) is 0 Å². The number of benzene rings is 1. The van der Waals surface area contributed by atoms with Gasteiger partial charge in [0.15, 0.2) is 0 Å². The lowest BCUT2D eigenvalue weighted by Gasteiger charge is -2.17. The first kappa shape index (κ1) is 13.8. The van der Waals surface area contributed by atoms with Gasteiger partial charge < -0.3 is 10.5 Å².